The Morgan fingerprint density at radius 1 is 1.50 bits per heavy atom. The van der Waals surface area contributed by atoms with Crippen molar-refractivity contribution in [2.24, 2.45) is 5.10 Å². The van der Waals surface area contributed by atoms with Crippen molar-refractivity contribution < 1.29 is 14.3 Å². The van der Waals surface area contributed by atoms with Gasteiger partial charge in [0, 0.05) is 25.8 Å². The van der Waals surface area contributed by atoms with Gasteiger partial charge in [0.1, 0.15) is 6.10 Å². The Kier molecular flexibility index (Phi) is 3.74. The van der Waals surface area contributed by atoms with E-state index in [1.165, 1.54) is 5.01 Å². The summed E-state index contributed by atoms with van der Waals surface area (Å²) in [4.78, 5) is 13.6. The molecule has 2 aliphatic rings. The van der Waals surface area contributed by atoms with Crippen molar-refractivity contribution in [1.82, 2.24) is 9.91 Å². The van der Waals surface area contributed by atoms with Crippen molar-refractivity contribution in [3.8, 4) is 0 Å². The minimum Gasteiger partial charge on any atom is -0.441 e. The molecule has 0 radical (unpaired) electrons. The fourth-order valence-corrected chi connectivity index (χ4v) is 1.91. The second-order valence-electron chi connectivity index (χ2n) is 3.87. The monoisotopic (exact) mass is 227 g/mol. The molecule has 6 heteroatoms. The van der Waals surface area contributed by atoms with Gasteiger partial charge in [-0.05, 0) is 6.92 Å². The first-order valence-electron chi connectivity index (χ1n) is 5.56. The molecule has 2 aliphatic heterocycles. The third-order valence-electron chi connectivity index (χ3n) is 2.68. The van der Waals surface area contributed by atoms with Crippen molar-refractivity contribution >= 4 is 12.3 Å². The maximum Gasteiger partial charge on any atom is 0.430 e. The van der Waals surface area contributed by atoms with Crippen LogP contribution in [0.15, 0.2) is 5.10 Å². The van der Waals surface area contributed by atoms with Crippen LogP contribution in [-0.4, -0.2) is 67.7 Å². The average molecular weight is 227 g/mol. The summed E-state index contributed by atoms with van der Waals surface area (Å²) < 4.78 is 10.5. The summed E-state index contributed by atoms with van der Waals surface area (Å²) in [6, 6.07) is 0. The Balaban J connectivity index is 1.81. The number of rotatable bonds is 3. The van der Waals surface area contributed by atoms with Gasteiger partial charge >= 0.3 is 6.09 Å². The van der Waals surface area contributed by atoms with E-state index in [-0.39, 0.29) is 12.2 Å². The summed E-state index contributed by atoms with van der Waals surface area (Å²) in [7, 11) is 0. The van der Waals surface area contributed by atoms with E-state index in [0.717, 1.165) is 32.8 Å². The fourth-order valence-electron chi connectivity index (χ4n) is 1.91. The van der Waals surface area contributed by atoms with E-state index in [1.807, 2.05) is 0 Å². The zero-order chi connectivity index (χ0) is 11.4. The minimum atomic E-state index is -0.351. The van der Waals surface area contributed by atoms with Crippen LogP contribution in [0.5, 0.6) is 0 Å². The molecule has 0 spiro atoms. The minimum absolute atomic E-state index is 0.0747. The molecule has 0 aliphatic carbocycles. The number of nitrogens with zero attached hydrogens (tertiary/aromatic N) is 3. The van der Waals surface area contributed by atoms with E-state index in [2.05, 4.69) is 10.0 Å². The lowest BCUT2D eigenvalue weighted by Crippen LogP contribution is -2.41. The number of hydrogen-bond donors (Lipinski definition) is 0. The third kappa shape index (κ3) is 2.70. The number of carbonyl (C=O) groups excluding carboxylic acids is 1. The van der Waals surface area contributed by atoms with Gasteiger partial charge in [0.25, 0.3) is 0 Å². The molecule has 0 saturated carbocycles. The van der Waals surface area contributed by atoms with Gasteiger partial charge < -0.3 is 9.47 Å². The number of cyclic esters (lactones) is 1. The van der Waals surface area contributed by atoms with Gasteiger partial charge in [-0.15, -0.1) is 0 Å². The summed E-state index contributed by atoms with van der Waals surface area (Å²) in [5.41, 5.74) is 0. The number of amides is 1. The molecule has 1 unspecified atom stereocenters. The highest BCUT2D eigenvalue weighted by molar-refractivity contribution is 5.71. The van der Waals surface area contributed by atoms with Crippen molar-refractivity contribution in [2.45, 2.75) is 13.0 Å². The van der Waals surface area contributed by atoms with Gasteiger partial charge in [-0.3, -0.25) is 4.90 Å². The molecule has 0 aromatic carbocycles. The van der Waals surface area contributed by atoms with Crippen LogP contribution in [0, 0.1) is 0 Å². The van der Waals surface area contributed by atoms with Crippen molar-refractivity contribution in [1.29, 1.82) is 0 Å². The van der Waals surface area contributed by atoms with Crippen molar-refractivity contribution in [3.63, 3.8) is 0 Å². The summed E-state index contributed by atoms with van der Waals surface area (Å²) in [5.74, 6) is 0. The number of morpholine rings is 1. The normalized spacial score (nSPS) is 27.7. The van der Waals surface area contributed by atoms with Crippen LogP contribution in [-0.2, 0) is 9.47 Å². The summed E-state index contributed by atoms with van der Waals surface area (Å²) in [5, 5.41) is 5.30. The molecule has 16 heavy (non-hydrogen) atoms. The zero-order valence-electron chi connectivity index (χ0n) is 9.46. The van der Waals surface area contributed by atoms with E-state index in [9.17, 15) is 4.79 Å². The Morgan fingerprint density at radius 3 is 2.94 bits per heavy atom. The van der Waals surface area contributed by atoms with E-state index in [0.29, 0.717) is 6.54 Å². The average Bonchev–Trinajstić information content (AvgIpc) is 2.61. The van der Waals surface area contributed by atoms with Crippen LogP contribution in [0.4, 0.5) is 4.79 Å². The summed E-state index contributed by atoms with van der Waals surface area (Å²) in [6.07, 6.45) is 1.17. The van der Waals surface area contributed by atoms with Crippen LogP contribution < -0.4 is 0 Å². The molecular weight excluding hydrogens is 210 g/mol. The van der Waals surface area contributed by atoms with Crippen LogP contribution >= 0.6 is 0 Å². The van der Waals surface area contributed by atoms with Gasteiger partial charge in [-0.1, -0.05) is 0 Å². The highest BCUT2D eigenvalue weighted by Crippen LogP contribution is 2.13. The largest absolute Gasteiger partial charge is 0.441 e. The zero-order valence-corrected chi connectivity index (χ0v) is 9.46. The van der Waals surface area contributed by atoms with Crippen molar-refractivity contribution in [2.75, 3.05) is 39.4 Å². The Hall–Kier alpha value is -1.14. The Morgan fingerprint density at radius 2 is 2.25 bits per heavy atom. The van der Waals surface area contributed by atoms with Crippen LogP contribution in [0.1, 0.15) is 6.92 Å². The standard InChI is InChI=1S/C10H17N3O3/c1-2-11-13-8-9(16-10(13)14)7-12-3-5-15-6-4-12/h2,9H,3-8H2,1H3/b11-2+. The molecule has 6 nitrogen and oxygen atoms in total. The lowest BCUT2D eigenvalue weighted by molar-refractivity contribution is 0.0188. The molecule has 0 aromatic heterocycles. The molecular formula is C10H17N3O3. The maximum absolute atomic E-state index is 11.4. The fraction of sp³-hybridized carbons (Fsp3) is 0.800. The molecule has 0 N–H and O–H groups in total. The quantitative estimate of drug-likeness (QED) is 0.644. The van der Waals surface area contributed by atoms with Gasteiger partial charge in [0.2, 0.25) is 0 Å². The summed E-state index contributed by atoms with van der Waals surface area (Å²) in [6.45, 7) is 6.43. The SMILES string of the molecule is C/C=N/N1CC(CN2CCOCC2)OC1=O. The van der Waals surface area contributed by atoms with Gasteiger partial charge in [0.05, 0.1) is 19.8 Å². The smallest absolute Gasteiger partial charge is 0.430 e. The topological polar surface area (TPSA) is 54.4 Å². The van der Waals surface area contributed by atoms with Gasteiger partial charge in [0.15, 0.2) is 0 Å². The Bertz CT molecular complexity index is 276. The van der Waals surface area contributed by atoms with E-state index in [1.54, 1.807) is 13.1 Å². The van der Waals surface area contributed by atoms with Gasteiger partial charge in [-0.25, -0.2) is 4.79 Å². The first kappa shape index (κ1) is 11.3. The van der Waals surface area contributed by atoms with Crippen LogP contribution in [0.2, 0.25) is 0 Å². The second-order valence-corrected chi connectivity index (χ2v) is 3.87. The van der Waals surface area contributed by atoms with Crippen LogP contribution in [0.3, 0.4) is 0 Å². The Labute approximate surface area is 94.8 Å². The molecule has 2 saturated heterocycles. The van der Waals surface area contributed by atoms with E-state index >= 15 is 0 Å². The highest BCUT2D eigenvalue weighted by Gasteiger charge is 2.32. The predicted molar refractivity (Wildman–Crippen MR) is 58.4 cm³/mol. The first-order valence-corrected chi connectivity index (χ1v) is 5.56. The van der Waals surface area contributed by atoms with E-state index in [4.69, 9.17) is 9.47 Å². The molecule has 1 amide bonds. The number of hydrazone groups is 1. The second kappa shape index (κ2) is 5.27. The van der Waals surface area contributed by atoms with Crippen LogP contribution in [0.25, 0.3) is 0 Å². The number of hydrogen-bond acceptors (Lipinski definition) is 5. The lowest BCUT2D eigenvalue weighted by Gasteiger charge is -2.27. The third-order valence-corrected chi connectivity index (χ3v) is 2.68. The molecule has 2 heterocycles. The molecule has 1 atom stereocenters. The molecule has 0 bridgehead atoms. The highest BCUT2D eigenvalue weighted by atomic mass is 16.6. The lowest BCUT2D eigenvalue weighted by atomic mass is 10.3. The maximum atomic E-state index is 11.4. The van der Waals surface area contributed by atoms with Gasteiger partial charge in [-0.2, -0.15) is 10.1 Å². The number of ether oxygens (including phenoxy) is 2. The molecule has 2 fully saturated rings. The summed E-state index contributed by atoms with van der Waals surface area (Å²) >= 11 is 0. The van der Waals surface area contributed by atoms with Crippen molar-refractivity contribution in [3.05, 3.63) is 0 Å². The predicted octanol–water partition coefficient (Wildman–Crippen LogP) is 0.145. The molecule has 90 valence electrons. The first-order chi connectivity index (χ1) is 7.79. The molecule has 2 rings (SSSR count). The number of carbonyl (C=O) groups is 1. The molecule has 0 aromatic rings. The van der Waals surface area contributed by atoms with E-state index < -0.39 is 0 Å².